The highest BCUT2D eigenvalue weighted by molar-refractivity contribution is 5.82. The van der Waals surface area contributed by atoms with E-state index in [2.05, 4.69) is 10.5 Å². The minimum atomic E-state index is -0.557. The van der Waals surface area contributed by atoms with Crippen LogP contribution in [0.2, 0.25) is 0 Å². The number of rotatable bonds is 0. The van der Waals surface area contributed by atoms with Gasteiger partial charge in [0.15, 0.2) is 0 Å². The van der Waals surface area contributed by atoms with Crippen LogP contribution in [0.3, 0.4) is 0 Å². The quantitative estimate of drug-likeness (QED) is 0.508. The lowest BCUT2D eigenvalue weighted by molar-refractivity contribution is 0.174. The highest BCUT2D eigenvalue weighted by Gasteiger charge is 2.21. The third-order valence-electron chi connectivity index (χ3n) is 1.50. The zero-order chi connectivity index (χ0) is 8.55. The third-order valence-corrected chi connectivity index (χ3v) is 1.50. The molecule has 0 spiro atoms. The maximum atomic E-state index is 10.7. The van der Waals surface area contributed by atoms with Crippen LogP contribution >= 0.6 is 0 Å². The summed E-state index contributed by atoms with van der Waals surface area (Å²) in [4.78, 5) is 14.6. The van der Waals surface area contributed by atoms with Crippen molar-refractivity contribution in [3.63, 3.8) is 0 Å². The Hall–Kier alpha value is -1.82. The molecule has 12 heavy (non-hydrogen) atoms. The number of carbonyl (C=O) groups is 1. The summed E-state index contributed by atoms with van der Waals surface area (Å²) in [6, 6.07) is -0.557. The van der Waals surface area contributed by atoms with Gasteiger partial charge in [0.05, 0.1) is 18.1 Å². The van der Waals surface area contributed by atoms with Crippen molar-refractivity contribution in [3.05, 3.63) is 24.3 Å². The second-order valence-electron chi connectivity index (χ2n) is 2.31. The number of amides is 2. The molecule has 0 aromatic carbocycles. The number of nitrogens with zero attached hydrogens (tertiary/aromatic N) is 3. The molecule has 2 aliphatic heterocycles. The van der Waals surface area contributed by atoms with E-state index in [0.717, 1.165) is 5.70 Å². The SMILES string of the molecule is NC(=O)N1C=C2C=NC=CN2N1. The van der Waals surface area contributed by atoms with E-state index < -0.39 is 6.03 Å². The molecule has 0 atom stereocenters. The highest BCUT2D eigenvalue weighted by Crippen LogP contribution is 2.12. The predicted octanol–water partition coefficient (Wildman–Crippen LogP) is -0.501. The number of aliphatic imine (C=N–C) groups is 1. The normalized spacial score (nSPS) is 19.5. The molecule has 2 rings (SSSR count). The van der Waals surface area contributed by atoms with Crippen LogP contribution in [0, 0.1) is 0 Å². The molecule has 0 unspecified atom stereocenters. The smallest absolute Gasteiger partial charge is 0.334 e. The average Bonchev–Trinajstić information content (AvgIpc) is 2.46. The number of allylic oxidation sites excluding steroid dienone is 1. The van der Waals surface area contributed by atoms with Gasteiger partial charge in [-0.1, -0.05) is 0 Å². The molecule has 6 nitrogen and oxygen atoms in total. The van der Waals surface area contributed by atoms with Crippen molar-refractivity contribution < 1.29 is 4.79 Å². The van der Waals surface area contributed by atoms with Crippen molar-refractivity contribution in [2.45, 2.75) is 0 Å². The van der Waals surface area contributed by atoms with E-state index in [0.29, 0.717) is 0 Å². The van der Waals surface area contributed by atoms with Crippen molar-refractivity contribution in [2.24, 2.45) is 10.7 Å². The molecule has 0 saturated carbocycles. The van der Waals surface area contributed by atoms with Gasteiger partial charge in [-0.2, -0.15) is 0 Å². The summed E-state index contributed by atoms with van der Waals surface area (Å²) in [5, 5.41) is 2.81. The molecule has 0 fully saturated rings. The Morgan fingerprint density at radius 2 is 2.50 bits per heavy atom. The molecule has 0 aliphatic carbocycles. The lowest BCUT2D eigenvalue weighted by atomic mass is 10.4. The van der Waals surface area contributed by atoms with Crippen LogP contribution in [0.5, 0.6) is 0 Å². The van der Waals surface area contributed by atoms with Gasteiger partial charge in [-0.15, -0.1) is 5.53 Å². The summed E-state index contributed by atoms with van der Waals surface area (Å²) in [6.07, 6.45) is 6.48. The number of hydrogen-bond donors (Lipinski definition) is 2. The standard InChI is InChI=1S/C6H7N5O/c7-6(12)11-4-5-3-8-1-2-10(5)9-11/h1-4,9H,(H2,7,12). The monoisotopic (exact) mass is 165 g/mol. The van der Waals surface area contributed by atoms with E-state index in [-0.39, 0.29) is 0 Å². The average molecular weight is 165 g/mol. The molecular weight excluding hydrogens is 158 g/mol. The topological polar surface area (TPSA) is 74.0 Å². The van der Waals surface area contributed by atoms with Crippen molar-refractivity contribution in [3.8, 4) is 0 Å². The first kappa shape index (κ1) is 6.86. The number of fused-ring (bicyclic) bond motifs is 1. The van der Waals surface area contributed by atoms with Gasteiger partial charge >= 0.3 is 6.03 Å². The lowest BCUT2D eigenvalue weighted by Crippen LogP contribution is -2.43. The van der Waals surface area contributed by atoms with Gasteiger partial charge in [0.1, 0.15) is 0 Å². The summed E-state index contributed by atoms with van der Waals surface area (Å²) in [7, 11) is 0. The Bertz CT molecular complexity index is 305. The molecule has 0 aromatic heterocycles. The van der Waals surface area contributed by atoms with E-state index in [9.17, 15) is 4.79 Å². The Balaban J connectivity index is 2.23. The fourth-order valence-electron chi connectivity index (χ4n) is 0.950. The Kier molecular flexibility index (Phi) is 1.34. The van der Waals surface area contributed by atoms with Crippen molar-refractivity contribution in [1.29, 1.82) is 0 Å². The van der Waals surface area contributed by atoms with Crippen LogP contribution in [0.15, 0.2) is 29.3 Å². The number of carbonyl (C=O) groups excluding carboxylic acids is 1. The number of urea groups is 1. The molecule has 2 heterocycles. The summed E-state index contributed by atoms with van der Waals surface area (Å²) >= 11 is 0. The van der Waals surface area contributed by atoms with Crippen LogP contribution in [0.25, 0.3) is 0 Å². The van der Waals surface area contributed by atoms with E-state index in [4.69, 9.17) is 5.73 Å². The van der Waals surface area contributed by atoms with Gasteiger partial charge in [-0.05, 0) is 0 Å². The minimum Gasteiger partial charge on any atom is -0.350 e. The van der Waals surface area contributed by atoms with Crippen LogP contribution in [-0.4, -0.2) is 22.3 Å². The van der Waals surface area contributed by atoms with Gasteiger partial charge in [-0.3, -0.25) is 10.0 Å². The second-order valence-corrected chi connectivity index (χ2v) is 2.31. The molecule has 3 N–H and O–H groups in total. The fourth-order valence-corrected chi connectivity index (χ4v) is 0.950. The van der Waals surface area contributed by atoms with Gasteiger partial charge < -0.3 is 5.73 Å². The van der Waals surface area contributed by atoms with Crippen molar-refractivity contribution >= 4 is 12.2 Å². The molecular formula is C6H7N5O. The number of hydrazine groups is 2. The number of primary amides is 1. The molecule has 0 aromatic rings. The van der Waals surface area contributed by atoms with Gasteiger partial charge in [0.25, 0.3) is 0 Å². The minimum absolute atomic E-state index is 0.557. The van der Waals surface area contributed by atoms with E-state index >= 15 is 0 Å². The Morgan fingerprint density at radius 3 is 3.17 bits per heavy atom. The first-order chi connectivity index (χ1) is 5.77. The van der Waals surface area contributed by atoms with Crippen LogP contribution < -0.4 is 11.3 Å². The Labute approximate surface area is 68.6 Å². The largest absolute Gasteiger partial charge is 0.350 e. The zero-order valence-electron chi connectivity index (χ0n) is 6.14. The lowest BCUT2D eigenvalue weighted by Gasteiger charge is -2.18. The van der Waals surface area contributed by atoms with E-state index in [1.807, 2.05) is 0 Å². The number of nitrogens with one attached hydrogen (secondary N) is 1. The first-order valence-electron chi connectivity index (χ1n) is 3.33. The summed E-state index contributed by atoms with van der Waals surface area (Å²) in [5.41, 5.74) is 8.52. The van der Waals surface area contributed by atoms with Gasteiger partial charge in [0.2, 0.25) is 0 Å². The van der Waals surface area contributed by atoms with E-state index in [1.54, 1.807) is 29.8 Å². The molecule has 6 heteroatoms. The predicted molar refractivity (Wildman–Crippen MR) is 42.1 cm³/mol. The van der Waals surface area contributed by atoms with Crippen LogP contribution in [0.4, 0.5) is 4.79 Å². The fraction of sp³-hybridized carbons (Fsp3) is 0. The molecule has 2 aliphatic rings. The third kappa shape index (κ3) is 0.940. The van der Waals surface area contributed by atoms with Gasteiger partial charge in [-0.25, -0.2) is 9.80 Å². The second kappa shape index (κ2) is 2.35. The molecule has 0 bridgehead atoms. The number of hydrogen-bond acceptors (Lipinski definition) is 4. The number of nitrogens with two attached hydrogens (primary N) is 1. The van der Waals surface area contributed by atoms with E-state index in [1.165, 1.54) is 5.01 Å². The zero-order valence-corrected chi connectivity index (χ0v) is 6.14. The molecule has 0 saturated heterocycles. The molecule has 62 valence electrons. The Morgan fingerprint density at radius 1 is 1.67 bits per heavy atom. The van der Waals surface area contributed by atoms with Crippen molar-refractivity contribution in [2.75, 3.05) is 0 Å². The van der Waals surface area contributed by atoms with Crippen LogP contribution in [0.1, 0.15) is 0 Å². The van der Waals surface area contributed by atoms with Gasteiger partial charge in [0, 0.05) is 12.4 Å². The first-order valence-corrected chi connectivity index (χ1v) is 3.33. The highest BCUT2D eigenvalue weighted by atomic mass is 16.2. The summed E-state index contributed by atoms with van der Waals surface area (Å²) < 4.78 is 0. The summed E-state index contributed by atoms with van der Waals surface area (Å²) in [5.74, 6) is 0. The maximum Gasteiger partial charge on any atom is 0.334 e. The molecule has 2 amide bonds. The maximum absolute atomic E-state index is 10.7. The summed E-state index contributed by atoms with van der Waals surface area (Å²) in [6.45, 7) is 0. The van der Waals surface area contributed by atoms with Crippen LogP contribution in [-0.2, 0) is 0 Å². The molecule has 0 radical (unpaired) electrons. The van der Waals surface area contributed by atoms with Crippen molar-refractivity contribution in [1.82, 2.24) is 15.6 Å².